The van der Waals surface area contributed by atoms with Crippen LogP contribution in [0.2, 0.25) is 0 Å². The van der Waals surface area contributed by atoms with Crippen molar-refractivity contribution in [1.29, 1.82) is 0 Å². The first kappa shape index (κ1) is 14.5. The lowest BCUT2D eigenvalue weighted by atomic mass is 10.2. The van der Waals surface area contributed by atoms with Crippen LogP contribution >= 0.6 is 0 Å². The van der Waals surface area contributed by atoms with E-state index in [0.29, 0.717) is 13.0 Å². The molecule has 0 aliphatic heterocycles. The molecule has 0 aromatic heterocycles. The number of ether oxygens (including phenoxy) is 1. The van der Waals surface area contributed by atoms with Crippen molar-refractivity contribution in [2.24, 2.45) is 5.73 Å². The average Bonchev–Trinajstić information content (AvgIpc) is 2.38. The Morgan fingerprint density at radius 1 is 1.33 bits per heavy atom. The van der Waals surface area contributed by atoms with Crippen molar-refractivity contribution in [2.75, 3.05) is 13.2 Å². The van der Waals surface area contributed by atoms with Gasteiger partial charge in [-0.1, -0.05) is 26.0 Å². The fourth-order valence-electron chi connectivity index (χ4n) is 1.71. The van der Waals surface area contributed by atoms with Crippen LogP contribution in [-0.2, 0) is 11.2 Å². The predicted molar refractivity (Wildman–Crippen MR) is 72.6 cm³/mol. The normalized spacial score (nSPS) is 12.1. The van der Waals surface area contributed by atoms with Gasteiger partial charge in [0.2, 0.25) is 5.91 Å². The second kappa shape index (κ2) is 7.71. The van der Waals surface area contributed by atoms with Gasteiger partial charge in [-0.15, -0.1) is 0 Å². The number of nitrogens with two attached hydrogens (primary N) is 1. The monoisotopic (exact) mass is 250 g/mol. The van der Waals surface area contributed by atoms with Crippen molar-refractivity contribution in [1.82, 2.24) is 5.32 Å². The molecule has 0 saturated carbocycles. The Balaban J connectivity index is 2.37. The summed E-state index contributed by atoms with van der Waals surface area (Å²) in [7, 11) is 0. The summed E-state index contributed by atoms with van der Waals surface area (Å²) in [5.41, 5.74) is 6.57. The van der Waals surface area contributed by atoms with E-state index in [1.54, 1.807) is 0 Å². The second-order valence-corrected chi connectivity index (χ2v) is 4.15. The van der Waals surface area contributed by atoms with Gasteiger partial charge in [0.25, 0.3) is 0 Å². The number of carbonyl (C=O) groups excluding carboxylic acids is 1. The maximum atomic E-state index is 11.1. The third kappa shape index (κ3) is 4.75. The van der Waals surface area contributed by atoms with Gasteiger partial charge in [0, 0.05) is 6.42 Å². The molecule has 0 aliphatic rings. The van der Waals surface area contributed by atoms with Gasteiger partial charge < -0.3 is 15.8 Å². The van der Waals surface area contributed by atoms with Gasteiger partial charge in [0.15, 0.2) is 0 Å². The molecule has 0 aliphatic carbocycles. The number of rotatable bonds is 8. The number of likely N-dealkylation sites (N-methyl/N-ethyl adjacent to an activating group) is 1. The number of benzene rings is 1. The Morgan fingerprint density at radius 2 is 2.00 bits per heavy atom. The molecule has 0 radical (unpaired) electrons. The molecule has 1 atom stereocenters. The predicted octanol–water partition coefficient (Wildman–Crippen LogP) is 1.48. The minimum absolute atomic E-state index is 0.315. The molecule has 18 heavy (non-hydrogen) atoms. The van der Waals surface area contributed by atoms with Crippen molar-refractivity contribution in [2.45, 2.75) is 32.7 Å². The number of aryl methyl sites for hydroxylation is 1. The first-order valence-corrected chi connectivity index (χ1v) is 6.41. The summed E-state index contributed by atoms with van der Waals surface area (Å²) < 4.78 is 5.58. The van der Waals surface area contributed by atoms with Gasteiger partial charge in [0.1, 0.15) is 5.75 Å². The molecule has 3 N–H and O–H groups in total. The first-order valence-electron chi connectivity index (χ1n) is 6.41. The highest BCUT2D eigenvalue weighted by molar-refractivity contribution is 5.79. The van der Waals surface area contributed by atoms with Gasteiger partial charge in [-0.05, 0) is 30.7 Å². The van der Waals surface area contributed by atoms with E-state index in [-0.39, 0.29) is 11.9 Å². The van der Waals surface area contributed by atoms with Crippen LogP contribution in [0, 0.1) is 0 Å². The van der Waals surface area contributed by atoms with Crippen LogP contribution in [0.4, 0.5) is 0 Å². The molecular weight excluding hydrogens is 228 g/mol. The van der Waals surface area contributed by atoms with Gasteiger partial charge in [-0.25, -0.2) is 0 Å². The topological polar surface area (TPSA) is 64.3 Å². The third-order valence-corrected chi connectivity index (χ3v) is 2.80. The van der Waals surface area contributed by atoms with Gasteiger partial charge in [-0.3, -0.25) is 4.79 Å². The van der Waals surface area contributed by atoms with Crippen LogP contribution in [0.3, 0.4) is 0 Å². The van der Waals surface area contributed by atoms with E-state index in [1.165, 1.54) is 5.56 Å². The molecular formula is C14H22N2O2. The Kier molecular flexibility index (Phi) is 6.22. The van der Waals surface area contributed by atoms with Crippen molar-refractivity contribution in [3.8, 4) is 5.75 Å². The summed E-state index contributed by atoms with van der Waals surface area (Å²) in [4.78, 5) is 11.1. The Bertz CT molecular complexity index is 363. The largest absolute Gasteiger partial charge is 0.494 e. The molecule has 1 aromatic carbocycles. The van der Waals surface area contributed by atoms with E-state index in [0.717, 1.165) is 18.7 Å². The Hall–Kier alpha value is -1.55. The lowest BCUT2D eigenvalue weighted by Crippen LogP contribution is -2.42. The molecule has 1 rings (SSSR count). The second-order valence-electron chi connectivity index (χ2n) is 4.15. The highest BCUT2D eigenvalue weighted by atomic mass is 16.5. The smallest absolute Gasteiger partial charge is 0.234 e. The van der Waals surface area contributed by atoms with Crippen LogP contribution in [0.5, 0.6) is 5.75 Å². The van der Waals surface area contributed by atoms with E-state index >= 15 is 0 Å². The fourth-order valence-corrected chi connectivity index (χ4v) is 1.71. The van der Waals surface area contributed by atoms with Crippen LogP contribution in [0.15, 0.2) is 24.3 Å². The van der Waals surface area contributed by atoms with E-state index in [9.17, 15) is 4.79 Å². The van der Waals surface area contributed by atoms with Crippen molar-refractivity contribution in [3.63, 3.8) is 0 Å². The van der Waals surface area contributed by atoms with Gasteiger partial charge >= 0.3 is 0 Å². The van der Waals surface area contributed by atoms with Gasteiger partial charge in [0.05, 0.1) is 12.6 Å². The van der Waals surface area contributed by atoms with Crippen LogP contribution < -0.4 is 15.8 Å². The van der Waals surface area contributed by atoms with Crippen molar-refractivity contribution >= 4 is 5.91 Å². The van der Waals surface area contributed by atoms with E-state index < -0.39 is 0 Å². The van der Waals surface area contributed by atoms with E-state index in [4.69, 9.17) is 10.5 Å². The first-order chi connectivity index (χ1) is 8.67. The molecule has 4 heteroatoms. The number of hydrogen-bond acceptors (Lipinski definition) is 3. The number of hydrogen-bond donors (Lipinski definition) is 2. The fraction of sp³-hybridized carbons (Fsp3) is 0.500. The maximum Gasteiger partial charge on any atom is 0.234 e. The maximum absolute atomic E-state index is 11.1. The molecule has 0 fully saturated rings. The summed E-state index contributed by atoms with van der Waals surface area (Å²) in [5.74, 6) is 0.494. The molecule has 0 heterocycles. The zero-order valence-electron chi connectivity index (χ0n) is 11.1. The van der Waals surface area contributed by atoms with Crippen LogP contribution in [0.25, 0.3) is 0 Å². The quantitative estimate of drug-likeness (QED) is 0.734. The molecule has 0 bridgehead atoms. The highest BCUT2D eigenvalue weighted by Crippen LogP contribution is 2.12. The van der Waals surface area contributed by atoms with Crippen LogP contribution in [0.1, 0.15) is 25.8 Å². The minimum Gasteiger partial charge on any atom is -0.494 e. The number of primary amides is 1. The molecule has 0 spiro atoms. The number of nitrogens with one attached hydrogen (secondary N) is 1. The molecule has 1 aromatic rings. The molecule has 1 amide bonds. The number of carbonyl (C=O) groups is 1. The van der Waals surface area contributed by atoms with Crippen LogP contribution in [-0.4, -0.2) is 25.1 Å². The highest BCUT2D eigenvalue weighted by Gasteiger charge is 2.13. The molecule has 4 nitrogen and oxygen atoms in total. The molecule has 1 unspecified atom stereocenters. The SMILES string of the molecule is CCNC(CCOc1ccc(CC)cc1)C(N)=O. The van der Waals surface area contributed by atoms with Gasteiger partial charge in [-0.2, -0.15) is 0 Å². The zero-order valence-corrected chi connectivity index (χ0v) is 11.1. The Morgan fingerprint density at radius 3 is 2.50 bits per heavy atom. The summed E-state index contributed by atoms with van der Waals surface area (Å²) in [6.07, 6.45) is 1.60. The minimum atomic E-state index is -0.332. The summed E-state index contributed by atoms with van der Waals surface area (Å²) in [5, 5.41) is 3.03. The standard InChI is InChI=1S/C14H22N2O2/c1-3-11-5-7-12(8-6-11)18-10-9-13(14(15)17)16-4-2/h5-8,13,16H,3-4,9-10H2,1-2H3,(H2,15,17). The summed E-state index contributed by atoms with van der Waals surface area (Å²) in [6, 6.07) is 7.68. The summed E-state index contributed by atoms with van der Waals surface area (Å²) >= 11 is 0. The third-order valence-electron chi connectivity index (χ3n) is 2.80. The zero-order chi connectivity index (χ0) is 13.4. The van der Waals surface area contributed by atoms with Crippen molar-refractivity contribution in [3.05, 3.63) is 29.8 Å². The van der Waals surface area contributed by atoms with Crippen molar-refractivity contribution < 1.29 is 9.53 Å². The summed E-state index contributed by atoms with van der Waals surface area (Å²) in [6.45, 7) is 5.26. The molecule has 0 saturated heterocycles. The lowest BCUT2D eigenvalue weighted by Gasteiger charge is -2.14. The lowest BCUT2D eigenvalue weighted by molar-refractivity contribution is -0.120. The average molecular weight is 250 g/mol. The van der Waals surface area contributed by atoms with E-state index in [2.05, 4.69) is 12.2 Å². The van der Waals surface area contributed by atoms with E-state index in [1.807, 2.05) is 31.2 Å². The number of amides is 1. The molecule has 100 valence electrons. The Labute approximate surface area is 109 Å².